The van der Waals surface area contributed by atoms with Gasteiger partial charge >= 0.3 is 5.02 Å². The summed E-state index contributed by atoms with van der Waals surface area (Å²) in [5.41, 5.74) is 1.73. The molecule has 1 radical (unpaired) electrons. The predicted octanol–water partition coefficient (Wildman–Crippen LogP) is 7.53. The zero-order valence-corrected chi connectivity index (χ0v) is 17.7. The van der Waals surface area contributed by atoms with Gasteiger partial charge in [-0.3, -0.25) is 0 Å². The van der Waals surface area contributed by atoms with Crippen molar-refractivity contribution in [2.45, 2.75) is 30.2 Å². The number of hydrogen-bond donors (Lipinski definition) is 0. The highest BCUT2D eigenvalue weighted by molar-refractivity contribution is 9.09. The number of para-hydroxylation sites is 1. The van der Waals surface area contributed by atoms with Crippen LogP contribution in [0.5, 0.6) is 17.2 Å². The van der Waals surface area contributed by atoms with Gasteiger partial charge in [0, 0.05) is 15.9 Å². The van der Waals surface area contributed by atoms with Crippen LogP contribution in [-0.2, 0) is 11.8 Å². The molecule has 0 fully saturated rings. The first-order valence-electron chi connectivity index (χ1n) is 9.25. The van der Waals surface area contributed by atoms with Crippen LogP contribution < -0.4 is 9.47 Å². The monoisotopic (exact) mass is 459 g/mol. The number of alkyl halides is 3. The van der Waals surface area contributed by atoms with Gasteiger partial charge in [0.25, 0.3) is 0 Å². The molecule has 151 valence electrons. The van der Waals surface area contributed by atoms with Crippen LogP contribution in [0.25, 0.3) is 0 Å². The van der Waals surface area contributed by atoms with Crippen molar-refractivity contribution in [3.63, 3.8) is 0 Å². The lowest BCUT2D eigenvalue weighted by atomic mass is 9.79. The minimum Gasteiger partial charge on any atom is -0.457 e. The van der Waals surface area contributed by atoms with Gasteiger partial charge in [-0.05, 0) is 72.7 Å². The summed E-state index contributed by atoms with van der Waals surface area (Å²) in [7, 11) is 0. The van der Waals surface area contributed by atoms with Crippen LogP contribution in [0.15, 0.2) is 78.9 Å². The van der Waals surface area contributed by atoms with E-state index < -0.39 is 5.02 Å². The van der Waals surface area contributed by atoms with E-state index in [1.807, 2.05) is 55.5 Å². The van der Waals surface area contributed by atoms with Gasteiger partial charge in [-0.2, -0.15) is 8.78 Å². The van der Waals surface area contributed by atoms with Crippen molar-refractivity contribution >= 4 is 15.9 Å². The topological polar surface area (TPSA) is 18.5 Å². The van der Waals surface area contributed by atoms with E-state index in [1.165, 1.54) is 12.1 Å². The third-order valence-electron chi connectivity index (χ3n) is 4.63. The van der Waals surface area contributed by atoms with E-state index >= 15 is 0 Å². The molecule has 29 heavy (non-hydrogen) atoms. The summed E-state index contributed by atoms with van der Waals surface area (Å²) in [4.78, 5) is 0. The van der Waals surface area contributed by atoms with Gasteiger partial charge in [-0.15, -0.1) is 0 Å². The number of rotatable bonds is 8. The predicted molar refractivity (Wildman–Crippen MR) is 115 cm³/mol. The summed E-state index contributed by atoms with van der Waals surface area (Å²) in [6.07, 6.45) is 1.60. The molecule has 3 aromatic carbocycles. The molecule has 0 aliphatic rings. The fourth-order valence-electron chi connectivity index (χ4n) is 3.01. The normalized spacial score (nSPS) is 11.9. The van der Waals surface area contributed by atoms with Crippen molar-refractivity contribution in [1.82, 2.24) is 0 Å². The molecule has 1 unspecified atom stereocenters. The number of benzene rings is 3. The smallest absolute Gasteiger partial charge is 0.457 e. The first kappa shape index (κ1) is 21.3. The van der Waals surface area contributed by atoms with E-state index in [0.29, 0.717) is 0 Å². The van der Waals surface area contributed by atoms with E-state index in [9.17, 15) is 8.78 Å². The average molecular weight is 460 g/mol. The zero-order valence-electron chi connectivity index (χ0n) is 16.1. The highest BCUT2D eigenvalue weighted by atomic mass is 79.9. The molecule has 2 nitrogen and oxygen atoms in total. The number of ether oxygens (including phenoxy) is 2. The van der Waals surface area contributed by atoms with Crippen molar-refractivity contribution in [2.75, 3.05) is 0 Å². The molecular weight excluding hydrogens is 438 g/mol. The summed E-state index contributed by atoms with van der Waals surface area (Å²) in [5.74, 6) is 1.68. The van der Waals surface area contributed by atoms with E-state index in [2.05, 4.69) is 33.7 Å². The maximum atomic E-state index is 12.9. The Morgan fingerprint density at radius 1 is 0.862 bits per heavy atom. The fourth-order valence-corrected chi connectivity index (χ4v) is 3.20. The van der Waals surface area contributed by atoms with Gasteiger partial charge in [0.05, 0.1) is 0 Å². The molecule has 0 spiro atoms. The first-order chi connectivity index (χ1) is 13.7. The minimum absolute atomic E-state index is 0.0946. The van der Waals surface area contributed by atoms with Crippen molar-refractivity contribution in [3.05, 3.63) is 96.9 Å². The van der Waals surface area contributed by atoms with E-state index in [4.69, 9.17) is 4.74 Å². The van der Waals surface area contributed by atoms with Gasteiger partial charge in [0.1, 0.15) is 17.2 Å². The lowest BCUT2D eigenvalue weighted by Gasteiger charge is -2.25. The highest BCUT2D eigenvalue weighted by Gasteiger charge is 2.27. The molecule has 0 saturated carbocycles. The fraction of sp³-hybridized carbons (Fsp3) is 0.208. The second-order valence-electron chi connectivity index (χ2n) is 7.20. The summed E-state index contributed by atoms with van der Waals surface area (Å²) < 4.78 is 36.2. The first-order valence-corrected chi connectivity index (χ1v) is 10.0. The summed E-state index contributed by atoms with van der Waals surface area (Å²) in [6.45, 7) is 6.35. The maximum Gasteiger partial charge on any atom is 0.459 e. The molecule has 0 aliphatic heterocycles. The standard InChI is InChI=1S/C24H22BrF2O2/c1-23(2,19-11-13-21(14-12-19)29-24(25,26)27)16-15-18-7-6-10-22(17-18)28-20-8-4-3-5-9-20/h3-14,17H,1,15-16H2,2H3. The molecule has 0 saturated heterocycles. The molecule has 1 atom stereocenters. The lowest BCUT2D eigenvalue weighted by molar-refractivity contribution is -0.0803. The van der Waals surface area contributed by atoms with Gasteiger partial charge in [-0.25, -0.2) is 0 Å². The summed E-state index contributed by atoms with van der Waals surface area (Å²) in [6, 6.07) is 24.2. The Bertz CT molecular complexity index is 920. The second kappa shape index (κ2) is 8.95. The Labute approximate surface area is 178 Å². The quantitative estimate of drug-likeness (QED) is 0.324. The maximum absolute atomic E-state index is 12.9. The molecule has 5 heteroatoms. The number of aryl methyl sites for hydroxylation is 1. The Hall–Kier alpha value is -2.40. The van der Waals surface area contributed by atoms with Crippen LogP contribution in [0.4, 0.5) is 8.78 Å². The number of halogens is 3. The van der Waals surface area contributed by atoms with Gasteiger partial charge < -0.3 is 9.47 Å². The highest BCUT2D eigenvalue weighted by Crippen LogP contribution is 2.32. The number of hydrogen-bond acceptors (Lipinski definition) is 2. The molecule has 3 rings (SSSR count). The molecule has 0 aliphatic carbocycles. The van der Waals surface area contributed by atoms with Crippen LogP contribution in [0, 0.1) is 6.92 Å². The van der Waals surface area contributed by atoms with Crippen LogP contribution >= 0.6 is 15.9 Å². The molecule has 0 N–H and O–H groups in total. The summed E-state index contributed by atoms with van der Waals surface area (Å²) in [5, 5.41) is -3.38. The van der Waals surface area contributed by atoms with Gasteiger partial charge in [0.2, 0.25) is 0 Å². The molecule has 0 aromatic heterocycles. The minimum atomic E-state index is -3.38. The van der Waals surface area contributed by atoms with Crippen LogP contribution in [-0.4, -0.2) is 5.02 Å². The Morgan fingerprint density at radius 2 is 1.52 bits per heavy atom. The van der Waals surface area contributed by atoms with Crippen LogP contribution in [0.3, 0.4) is 0 Å². The molecular formula is C24H22BrF2O2. The van der Waals surface area contributed by atoms with E-state index in [1.54, 1.807) is 12.1 Å². The molecule has 0 amide bonds. The molecule has 0 heterocycles. The Kier molecular flexibility index (Phi) is 6.58. The molecule has 3 aromatic rings. The van der Waals surface area contributed by atoms with Crippen molar-refractivity contribution in [1.29, 1.82) is 0 Å². The van der Waals surface area contributed by atoms with Crippen LogP contribution in [0.1, 0.15) is 24.5 Å². The van der Waals surface area contributed by atoms with Gasteiger partial charge in [0.15, 0.2) is 0 Å². The van der Waals surface area contributed by atoms with E-state index in [-0.39, 0.29) is 11.2 Å². The molecule has 0 bridgehead atoms. The van der Waals surface area contributed by atoms with Crippen LogP contribution in [0.2, 0.25) is 0 Å². The van der Waals surface area contributed by atoms with Gasteiger partial charge in [-0.1, -0.05) is 49.4 Å². The summed E-state index contributed by atoms with van der Waals surface area (Å²) >= 11 is 2.17. The second-order valence-corrected chi connectivity index (χ2v) is 8.12. The van der Waals surface area contributed by atoms with E-state index in [0.717, 1.165) is 35.5 Å². The average Bonchev–Trinajstić information content (AvgIpc) is 2.67. The third-order valence-corrected chi connectivity index (χ3v) is 4.79. The van der Waals surface area contributed by atoms with Crippen molar-refractivity contribution in [3.8, 4) is 17.2 Å². The van der Waals surface area contributed by atoms with Crippen molar-refractivity contribution in [2.24, 2.45) is 0 Å². The Balaban J connectivity index is 1.63. The third kappa shape index (κ3) is 6.57. The largest absolute Gasteiger partial charge is 0.459 e. The Morgan fingerprint density at radius 3 is 2.17 bits per heavy atom. The lowest BCUT2D eigenvalue weighted by Crippen LogP contribution is -2.19. The zero-order chi connectivity index (χ0) is 20.9. The van der Waals surface area contributed by atoms with Crippen molar-refractivity contribution < 1.29 is 18.3 Å². The SMILES string of the molecule is [CH2]C(C)(CCc1cccc(Oc2ccccc2)c1)c1ccc(OC(F)(F)Br)cc1.